The minimum Gasteiger partial charge on any atom is -0.398 e. The van der Waals surface area contributed by atoms with Gasteiger partial charge in [0.2, 0.25) is 0 Å². The summed E-state index contributed by atoms with van der Waals surface area (Å²) in [6.45, 7) is 0.886. The van der Waals surface area contributed by atoms with E-state index in [1.807, 2.05) is 24.4 Å². The maximum absolute atomic E-state index is 5.76. The van der Waals surface area contributed by atoms with E-state index in [1.165, 1.54) is 5.56 Å². The van der Waals surface area contributed by atoms with Crippen molar-refractivity contribution < 1.29 is 0 Å². The Labute approximate surface area is 65.7 Å². The maximum atomic E-state index is 5.76. The summed E-state index contributed by atoms with van der Waals surface area (Å²) in [4.78, 5) is 0. The van der Waals surface area contributed by atoms with E-state index >= 15 is 0 Å². The molecule has 0 fully saturated rings. The van der Waals surface area contributed by atoms with Crippen LogP contribution in [0.3, 0.4) is 0 Å². The maximum Gasteiger partial charge on any atom is 0.0402 e. The number of rotatable bonds is 0. The monoisotopic (exact) mass is 146 g/mol. The van der Waals surface area contributed by atoms with Crippen LogP contribution in [-0.4, -0.2) is 0 Å². The van der Waals surface area contributed by atoms with Gasteiger partial charge in [-0.25, -0.2) is 0 Å². The molecule has 1 aromatic rings. The van der Waals surface area contributed by atoms with Crippen molar-refractivity contribution in [3.05, 3.63) is 35.5 Å². The number of benzene rings is 1. The first-order valence-corrected chi connectivity index (χ1v) is 3.65. The molecule has 0 aliphatic carbocycles. The van der Waals surface area contributed by atoms with Gasteiger partial charge in [-0.05, 0) is 23.9 Å². The topological polar surface area (TPSA) is 38.0 Å². The Kier molecular flexibility index (Phi) is 1.32. The third-order valence-corrected chi connectivity index (χ3v) is 1.89. The second-order valence-electron chi connectivity index (χ2n) is 2.63. The third kappa shape index (κ3) is 0.963. The zero-order valence-electron chi connectivity index (χ0n) is 6.17. The third-order valence-electron chi connectivity index (χ3n) is 1.89. The van der Waals surface area contributed by atoms with Crippen LogP contribution in [-0.2, 0) is 6.54 Å². The zero-order chi connectivity index (χ0) is 7.68. The van der Waals surface area contributed by atoms with Gasteiger partial charge in [-0.3, -0.25) is 0 Å². The van der Waals surface area contributed by atoms with Crippen LogP contribution in [0.25, 0.3) is 6.08 Å². The van der Waals surface area contributed by atoms with Crippen molar-refractivity contribution in [3.63, 3.8) is 0 Å². The summed E-state index contributed by atoms with van der Waals surface area (Å²) in [6.07, 6.45) is 3.94. The second kappa shape index (κ2) is 2.31. The highest BCUT2D eigenvalue weighted by Crippen LogP contribution is 2.20. The van der Waals surface area contributed by atoms with Gasteiger partial charge in [-0.1, -0.05) is 12.1 Å². The van der Waals surface area contributed by atoms with Crippen molar-refractivity contribution in [2.45, 2.75) is 6.54 Å². The molecular formula is C9H10N2. The molecule has 0 amide bonds. The number of nitrogen functional groups attached to an aromatic ring is 1. The first kappa shape index (κ1) is 6.28. The lowest BCUT2D eigenvalue weighted by Gasteiger charge is -2.13. The van der Waals surface area contributed by atoms with Crippen LogP contribution in [0.5, 0.6) is 0 Å². The van der Waals surface area contributed by atoms with Gasteiger partial charge >= 0.3 is 0 Å². The fourth-order valence-electron chi connectivity index (χ4n) is 1.30. The van der Waals surface area contributed by atoms with Crippen LogP contribution in [0.4, 0.5) is 5.69 Å². The quantitative estimate of drug-likeness (QED) is 0.542. The van der Waals surface area contributed by atoms with Crippen molar-refractivity contribution >= 4 is 11.8 Å². The smallest absolute Gasteiger partial charge is 0.0402 e. The van der Waals surface area contributed by atoms with Gasteiger partial charge in [0, 0.05) is 17.8 Å². The summed E-state index contributed by atoms with van der Waals surface area (Å²) in [6, 6.07) is 5.99. The van der Waals surface area contributed by atoms with Crippen LogP contribution in [0.2, 0.25) is 0 Å². The number of nitrogens with one attached hydrogen (secondary N) is 1. The normalized spacial score (nSPS) is 13.8. The SMILES string of the molecule is Nc1cccc2c1C=CNC2. The highest BCUT2D eigenvalue weighted by Gasteiger charge is 2.04. The van der Waals surface area contributed by atoms with E-state index in [-0.39, 0.29) is 0 Å². The molecule has 1 aliphatic heterocycles. The minimum absolute atomic E-state index is 0.861. The fourth-order valence-corrected chi connectivity index (χ4v) is 1.30. The Morgan fingerprint density at radius 3 is 3.09 bits per heavy atom. The Bertz CT molecular complexity index is 302. The van der Waals surface area contributed by atoms with E-state index in [2.05, 4.69) is 11.4 Å². The lowest BCUT2D eigenvalue weighted by Crippen LogP contribution is -2.11. The lowest BCUT2D eigenvalue weighted by atomic mass is 10.0. The standard InChI is InChI=1S/C9H10N2/c10-9-3-1-2-7-6-11-5-4-8(7)9/h1-5,11H,6,10H2. The average molecular weight is 146 g/mol. The van der Waals surface area contributed by atoms with Crippen molar-refractivity contribution in [2.24, 2.45) is 0 Å². The van der Waals surface area contributed by atoms with Crippen LogP contribution in [0.15, 0.2) is 24.4 Å². The number of hydrogen-bond acceptors (Lipinski definition) is 2. The minimum atomic E-state index is 0.861. The van der Waals surface area contributed by atoms with Crippen molar-refractivity contribution in [2.75, 3.05) is 5.73 Å². The fraction of sp³-hybridized carbons (Fsp3) is 0.111. The van der Waals surface area contributed by atoms with Gasteiger partial charge in [0.25, 0.3) is 0 Å². The molecule has 2 heteroatoms. The van der Waals surface area contributed by atoms with Crippen molar-refractivity contribution in [1.29, 1.82) is 0 Å². The zero-order valence-corrected chi connectivity index (χ0v) is 6.17. The molecule has 0 saturated heterocycles. The summed E-state index contributed by atoms with van der Waals surface area (Å²) in [5, 5.41) is 3.13. The van der Waals surface area contributed by atoms with Crippen LogP contribution in [0, 0.1) is 0 Å². The number of fused-ring (bicyclic) bond motifs is 1. The summed E-state index contributed by atoms with van der Waals surface area (Å²) in [5.41, 5.74) is 9.05. The van der Waals surface area contributed by atoms with Gasteiger partial charge < -0.3 is 11.1 Å². The molecule has 0 spiro atoms. The van der Waals surface area contributed by atoms with E-state index in [0.29, 0.717) is 0 Å². The van der Waals surface area contributed by atoms with Crippen molar-refractivity contribution in [1.82, 2.24) is 5.32 Å². The molecule has 1 aliphatic rings. The van der Waals surface area contributed by atoms with E-state index < -0.39 is 0 Å². The highest BCUT2D eigenvalue weighted by molar-refractivity contribution is 5.68. The summed E-state index contributed by atoms with van der Waals surface area (Å²) in [5.74, 6) is 0. The predicted octanol–water partition coefficient (Wildman–Crippen LogP) is 1.34. The molecule has 1 aromatic carbocycles. The van der Waals surface area contributed by atoms with E-state index in [9.17, 15) is 0 Å². The number of anilines is 1. The van der Waals surface area contributed by atoms with E-state index in [0.717, 1.165) is 17.8 Å². The molecule has 56 valence electrons. The first-order chi connectivity index (χ1) is 5.38. The lowest BCUT2D eigenvalue weighted by molar-refractivity contribution is 0.859. The molecule has 0 unspecified atom stereocenters. The molecule has 2 rings (SSSR count). The van der Waals surface area contributed by atoms with Crippen LogP contribution >= 0.6 is 0 Å². The molecule has 0 atom stereocenters. The van der Waals surface area contributed by atoms with Crippen LogP contribution in [0.1, 0.15) is 11.1 Å². The number of nitrogens with two attached hydrogens (primary N) is 1. The highest BCUT2D eigenvalue weighted by atomic mass is 14.8. The van der Waals surface area contributed by atoms with Crippen LogP contribution < -0.4 is 11.1 Å². The molecule has 0 bridgehead atoms. The predicted molar refractivity (Wildman–Crippen MR) is 46.7 cm³/mol. The van der Waals surface area contributed by atoms with Gasteiger partial charge in [0.15, 0.2) is 0 Å². The number of hydrogen-bond donors (Lipinski definition) is 2. The summed E-state index contributed by atoms with van der Waals surface area (Å²) < 4.78 is 0. The Morgan fingerprint density at radius 2 is 2.27 bits per heavy atom. The van der Waals surface area contributed by atoms with Gasteiger partial charge in [0.05, 0.1) is 0 Å². The molecule has 1 heterocycles. The Hall–Kier alpha value is -1.44. The van der Waals surface area contributed by atoms with E-state index in [4.69, 9.17) is 5.73 Å². The molecular weight excluding hydrogens is 136 g/mol. The summed E-state index contributed by atoms with van der Waals surface area (Å²) in [7, 11) is 0. The Balaban J connectivity index is 2.60. The molecule has 0 aromatic heterocycles. The molecule has 11 heavy (non-hydrogen) atoms. The molecule has 2 nitrogen and oxygen atoms in total. The van der Waals surface area contributed by atoms with Gasteiger partial charge in [-0.2, -0.15) is 0 Å². The molecule has 0 radical (unpaired) electrons. The first-order valence-electron chi connectivity index (χ1n) is 3.65. The van der Waals surface area contributed by atoms with Gasteiger partial charge in [-0.15, -0.1) is 0 Å². The van der Waals surface area contributed by atoms with Crippen molar-refractivity contribution in [3.8, 4) is 0 Å². The summed E-state index contributed by atoms with van der Waals surface area (Å²) >= 11 is 0. The van der Waals surface area contributed by atoms with E-state index in [1.54, 1.807) is 0 Å². The second-order valence-corrected chi connectivity index (χ2v) is 2.63. The van der Waals surface area contributed by atoms with Gasteiger partial charge in [0.1, 0.15) is 0 Å². The largest absolute Gasteiger partial charge is 0.398 e. The molecule has 0 saturated carbocycles. The molecule has 3 N–H and O–H groups in total. The Morgan fingerprint density at radius 1 is 1.36 bits per heavy atom. The average Bonchev–Trinajstić information content (AvgIpc) is 2.06.